The highest BCUT2D eigenvalue weighted by molar-refractivity contribution is 6.35. The SMILES string of the molecule is CC(C)OC(=O)C1CCN(C2CC(C)c3cc(OCc4c(Cl)cccc4Cl)ccc32)CC1. The van der Waals surface area contributed by atoms with Crippen molar-refractivity contribution in [2.24, 2.45) is 5.92 Å². The van der Waals surface area contributed by atoms with Crippen LogP contribution in [0.5, 0.6) is 5.75 Å². The number of benzene rings is 2. The molecule has 6 heteroatoms. The van der Waals surface area contributed by atoms with Crippen LogP contribution in [0.25, 0.3) is 0 Å². The molecule has 0 saturated carbocycles. The molecule has 0 bridgehead atoms. The quantitative estimate of drug-likeness (QED) is 0.431. The maximum atomic E-state index is 12.3. The van der Waals surface area contributed by atoms with Crippen LogP contribution < -0.4 is 4.74 Å². The molecular formula is C26H31Cl2NO3. The summed E-state index contributed by atoms with van der Waals surface area (Å²) in [6.07, 6.45) is 2.78. The van der Waals surface area contributed by atoms with Crippen molar-refractivity contribution in [2.75, 3.05) is 13.1 Å². The van der Waals surface area contributed by atoms with Crippen molar-refractivity contribution in [1.82, 2.24) is 4.90 Å². The fourth-order valence-corrected chi connectivity index (χ4v) is 5.42. The minimum atomic E-state index is -0.0477. The molecule has 32 heavy (non-hydrogen) atoms. The summed E-state index contributed by atoms with van der Waals surface area (Å²) in [6, 6.07) is 12.3. The summed E-state index contributed by atoms with van der Waals surface area (Å²) < 4.78 is 11.5. The third kappa shape index (κ3) is 5.08. The van der Waals surface area contributed by atoms with Gasteiger partial charge in [-0.25, -0.2) is 0 Å². The highest BCUT2D eigenvalue weighted by Crippen LogP contribution is 2.45. The minimum Gasteiger partial charge on any atom is -0.489 e. The molecule has 1 saturated heterocycles. The number of halogens is 2. The van der Waals surface area contributed by atoms with E-state index < -0.39 is 0 Å². The molecule has 4 nitrogen and oxygen atoms in total. The molecule has 1 fully saturated rings. The molecule has 4 rings (SSSR count). The number of piperidine rings is 1. The minimum absolute atomic E-state index is 0.0272. The highest BCUT2D eigenvalue weighted by Gasteiger charge is 2.36. The van der Waals surface area contributed by atoms with Gasteiger partial charge in [-0.2, -0.15) is 0 Å². The Bertz CT molecular complexity index is 949. The van der Waals surface area contributed by atoms with Crippen LogP contribution in [0.2, 0.25) is 10.0 Å². The zero-order chi connectivity index (χ0) is 22.8. The monoisotopic (exact) mass is 475 g/mol. The molecule has 2 aromatic carbocycles. The van der Waals surface area contributed by atoms with Gasteiger partial charge in [-0.05, 0) is 87.5 Å². The average Bonchev–Trinajstić information content (AvgIpc) is 3.09. The Morgan fingerprint density at radius 2 is 1.78 bits per heavy atom. The van der Waals surface area contributed by atoms with E-state index in [0.717, 1.165) is 43.7 Å². The first kappa shape index (κ1) is 23.4. The molecule has 2 unspecified atom stereocenters. The number of carbonyl (C=O) groups excluding carboxylic acids is 1. The predicted molar refractivity (Wildman–Crippen MR) is 129 cm³/mol. The van der Waals surface area contributed by atoms with Crippen molar-refractivity contribution in [3.05, 3.63) is 63.1 Å². The zero-order valence-electron chi connectivity index (χ0n) is 18.9. The molecule has 172 valence electrons. The third-order valence-corrected chi connectivity index (χ3v) is 7.33. The number of hydrogen-bond donors (Lipinski definition) is 0. The summed E-state index contributed by atoms with van der Waals surface area (Å²) in [4.78, 5) is 14.8. The van der Waals surface area contributed by atoms with Crippen molar-refractivity contribution in [3.63, 3.8) is 0 Å². The van der Waals surface area contributed by atoms with Gasteiger partial charge >= 0.3 is 5.97 Å². The van der Waals surface area contributed by atoms with Gasteiger partial charge in [0.25, 0.3) is 0 Å². The molecule has 0 radical (unpaired) electrons. The highest BCUT2D eigenvalue weighted by atomic mass is 35.5. The van der Waals surface area contributed by atoms with E-state index in [4.69, 9.17) is 32.7 Å². The van der Waals surface area contributed by atoms with Crippen molar-refractivity contribution in [2.45, 2.75) is 64.7 Å². The molecule has 0 spiro atoms. The molecule has 2 aliphatic rings. The van der Waals surface area contributed by atoms with Crippen LogP contribution in [0, 0.1) is 5.92 Å². The number of fused-ring (bicyclic) bond motifs is 1. The number of carbonyl (C=O) groups is 1. The Labute approximate surface area is 200 Å². The average molecular weight is 476 g/mol. The predicted octanol–water partition coefficient (Wildman–Crippen LogP) is 6.78. The Kier molecular flexibility index (Phi) is 7.34. The lowest BCUT2D eigenvalue weighted by Gasteiger charge is -2.36. The topological polar surface area (TPSA) is 38.8 Å². The van der Waals surface area contributed by atoms with Crippen molar-refractivity contribution in [3.8, 4) is 5.75 Å². The van der Waals surface area contributed by atoms with Crippen LogP contribution in [0.3, 0.4) is 0 Å². The van der Waals surface area contributed by atoms with Crippen LogP contribution in [0.15, 0.2) is 36.4 Å². The molecule has 1 heterocycles. The van der Waals surface area contributed by atoms with E-state index in [1.807, 2.05) is 38.1 Å². The van der Waals surface area contributed by atoms with Gasteiger partial charge < -0.3 is 9.47 Å². The summed E-state index contributed by atoms with van der Waals surface area (Å²) in [5, 5.41) is 1.24. The van der Waals surface area contributed by atoms with Crippen LogP contribution in [-0.2, 0) is 16.1 Å². The van der Waals surface area contributed by atoms with E-state index in [9.17, 15) is 4.79 Å². The first-order chi connectivity index (χ1) is 15.3. The lowest BCUT2D eigenvalue weighted by molar-refractivity contribution is -0.154. The van der Waals surface area contributed by atoms with E-state index >= 15 is 0 Å². The van der Waals surface area contributed by atoms with Crippen LogP contribution >= 0.6 is 23.2 Å². The summed E-state index contributed by atoms with van der Waals surface area (Å²) in [7, 11) is 0. The van der Waals surface area contributed by atoms with Gasteiger partial charge in [0, 0.05) is 21.7 Å². The molecule has 1 aliphatic carbocycles. The van der Waals surface area contributed by atoms with E-state index in [1.165, 1.54) is 11.1 Å². The Hall–Kier alpha value is -1.75. The van der Waals surface area contributed by atoms with Gasteiger partial charge in [0.2, 0.25) is 0 Å². The Morgan fingerprint density at radius 1 is 1.09 bits per heavy atom. The zero-order valence-corrected chi connectivity index (χ0v) is 20.5. The summed E-state index contributed by atoms with van der Waals surface area (Å²) in [5.74, 6) is 1.29. The number of nitrogens with zero attached hydrogens (tertiary/aromatic N) is 1. The molecule has 2 aromatic rings. The second-order valence-corrected chi connectivity index (χ2v) is 10.0. The van der Waals surface area contributed by atoms with Crippen LogP contribution in [0.1, 0.15) is 68.7 Å². The molecular weight excluding hydrogens is 445 g/mol. The first-order valence-electron chi connectivity index (χ1n) is 11.5. The van der Waals surface area contributed by atoms with Crippen molar-refractivity contribution in [1.29, 1.82) is 0 Å². The number of ether oxygens (including phenoxy) is 2. The van der Waals surface area contributed by atoms with Gasteiger partial charge in [0.15, 0.2) is 0 Å². The molecule has 0 aromatic heterocycles. The maximum absolute atomic E-state index is 12.3. The Balaban J connectivity index is 1.40. The van der Waals surface area contributed by atoms with Crippen molar-refractivity contribution >= 4 is 29.2 Å². The second kappa shape index (κ2) is 10.0. The van der Waals surface area contributed by atoms with Gasteiger partial charge in [0.1, 0.15) is 12.4 Å². The number of esters is 1. The van der Waals surface area contributed by atoms with E-state index in [0.29, 0.717) is 28.6 Å². The largest absolute Gasteiger partial charge is 0.489 e. The van der Waals surface area contributed by atoms with Crippen LogP contribution in [0.4, 0.5) is 0 Å². The summed E-state index contributed by atoms with van der Waals surface area (Å²) in [5.41, 5.74) is 3.53. The molecule has 0 N–H and O–H groups in total. The maximum Gasteiger partial charge on any atom is 0.309 e. The second-order valence-electron chi connectivity index (χ2n) is 9.23. The van der Waals surface area contributed by atoms with E-state index in [-0.39, 0.29) is 18.0 Å². The van der Waals surface area contributed by atoms with E-state index in [2.05, 4.69) is 24.0 Å². The summed E-state index contributed by atoms with van der Waals surface area (Å²) in [6.45, 7) is 8.29. The molecule has 0 amide bonds. The fourth-order valence-electron chi connectivity index (χ4n) is 4.91. The lowest BCUT2D eigenvalue weighted by atomic mass is 9.94. The fraction of sp³-hybridized carbons (Fsp3) is 0.500. The van der Waals surface area contributed by atoms with E-state index in [1.54, 1.807) is 0 Å². The summed E-state index contributed by atoms with van der Waals surface area (Å²) >= 11 is 12.5. The normalized spacial score (nSPS) is 21.6. The Morgan fingerprint density at radius 3 is 2.44 bits per heavy atom. The standard InChI is InChI=1S/C26H31Cl2NO3/c1-16(2)32-26(30)18-9-11-29(12-10-18)25-13-17(3)21-14-19(7-8-20(21)25)31-15-22-23(27)5-4-6-24(22)28/h4-8,14,16-18,25H,9-13,15H2,1-3H3. The third-order valence-electron chi connectivity index (χ3n) is 6.63. The molecule has 2 atom stereocenters. The van der Waals surface area contributed by atoms with Crippen molar-refractivity contribution < 1.29 is 14.3 Å². The lowest BCUT2D eigenvalue weighted by Crippen LogP contribution is -2.39. The van der Waals surface area contributed by atoms with Gasteiger partial charge in [0.05, 0.1) is 12.0 Å². The smallest absolute Gasteiger partial charge is 0.309 e. The van der Waals surface area contributed by atoms with Gasteiger partial charge in [-0.15, -0.1) is 0 Å². The van der Waals surface area contributed by atoms with Crippen LogP contribution in [-0.4, -0.2) is 30.1 Å². The number of likely N-dealkylation sites (tertiary alicyclic amines) is 1. The van der Waals surface area contributed by atoms with Gasteiger partial charge in [-0.1, -0.05) is 42.3 Å². The molecule has 1 aliphatic heterocycles. The number of hydrogen-bond acceptors (Lipinski definition) is 4. The number of rotatable bonds is 6. The first-order valence-corrected chi connectivity index (χ1v) is 12.2. The van der Waals surface area contributed by atoms with Gasteiger partial charge in [-0.3, -0.25) is 9.69 Å².